The largest absolute Gasteiger partial charge is 0.351 e. The van der Waals surface area contributed by atoms with Gasteiger partial charge < -0.3 is 10.7 Å². The zero-order chi connectivity index (χ0) is 13.5. The van der Waals surface area contributed by atoms with Gasteiger partial charge in [-0.3, -0.25) is 10.6 Å². The maximum atomic E-state index is 11.9. The molecule has 0 saturated heterocycles. The SMILES string of the molecule is NNc1ccc(C(=O)NCCC2CCCCC2)nc1. The van der Waals surface area contributed by atoms with Gasteiger partial charge in [-0.15, -0.1) is 0 Å². The fourth-order valence-corrected chi connectivity index (χ4v) is 2.57. The number of hydrazine groups is 1. The minimum Gasteiger partial charge on any atom is -0.351 e. The molecule has 5 heteroatoms. The Morgan fingerprint density at radius 1 is 1.32 bits per heavy atom. The number of nitrogens with zero attached hydrogens (tertiary/aromatic N) is 1. The standard InChI is InChI=1S/C14H22N4O/c15-18-12-6-7-13(17-10-12)14(19)16-9-8-11-4-2-1-3-5-11/h6-7,10-11,18H,1-5,8-9,15H2,(H,16,19). The van der Waals surface area contributed by atoms with Gasteiger partial charge in [0.15, 0.2) is 0 Å². The van der Waals surface area contributed by atoms with E-state index in [0.29, 0.717) is 11.4 Å². The average molecular weight is 262 g/mol. The minimum absolute atomic E-state index is 0.112. The molecular formula is C14H22N4O. The molecule has 1 aromatic rings. The second kappa shape index (κ2) is 7.09. The van der Waals surface area contributed by atoms with Crippen molar-refractivity contribution in [1.82, 2.24) is 10.3 Å². The molecule has 0 radical (unpaired) electrons. The number of pyridine rings is 1. The van der Waals surface area contributed by atoms with Crippen molar-refractivity contribution in [1.29, 1.82) is 0 Å². The zero-order valence-electron chi connectivity index (χ0n) is 11.2. The number of carbonyl (C=O) groups is 1. The highest BCUT2D eigenvalue weighted by Gasteiger charge is 2.13. The predicted octanol–water partition coefficient (Wildman–Crippen LogP) is 2.07. The van der Waals surface area contributed by atoms with Crippen molar-refractivity contribution in [3.05, 3.63) is 24.0 Å². The van der Waals surface area contributed by atoms with E-state index in [1.54, 1.807) is 18.3 Å². The predicted molar refractivity (Wildman–Crippen MR) is 75.6 cm³/mol. The third kappa shape index (κ3) is 4.21. The molecule has 0 aliphatic heterocycles. The van der Waals surface area contributed by atoms with Crippen LogP contribution in [0.1, 0.15) is 49.0 Å². The van der Waals surface area contributed by atoms with Crippen LogP contribution >= 0.6 is 0 Å². The summed E-state index contributed by atoms with van der Waals surface area (Å²) in [5.41, 5.74) is 3.61. The van der Waals surface area contributed by atoms with E-state index in [1.807, 2.05) is 0 Å². The van der Waals surface area contributed by atoms with Gasteiger partial charge in [0.1, 0.15) is 5.69 Å². The summed E-state index contributed by atoms with van der Waals surface area (Å²) in [4.78, 5) is 15.9. The second-order valence-corrected chi connectivity index (χ2v) is 5.13. The summed E-state index contributed by atoms with van der Waals surface area (Å²) in [6, 6.07) is 3.41. The molecule has 0 atom stereocenters. The van der Waals surface area contributed by atoms with Crippen molar-refractivity contribution >= 4 is 11.6 Å². The van der Waals surface area contributed by atoms with E-state index in [9.17, 15) is 4.79 Å². The van der Waals surface area contributed by atoms with E-state index < -0.39 is 0 Å². The van der Waals surface area contributed by atoms with Crippen molar-refractivity contribution in [2.45, 2.75) is 38.5 Å². The molecule has 0 spiro atoms. The van der Waals surface area contributed by atoms with E-state index >= 15 is 0 Å². The number of amides is 1. The Balaban J connectivity index is 1.73. The summed E-state index contributed by atoms with van der Waals surface area (Å²) < 4.78 is 0. The highest BCUT2D eigenvalue weighted by Crippen LogP contribution is 2.25. The molecule has 4 N–H and O–H groups in total. The molecule has 1 saturated carbocycles. The summed E-state index contributed by atoms with van der Waals surface area (Å²) in [5, 5.41) is 2.93. The summed E-state index contributed by atoms with van der Waals surface area (Å²) in [6.07, 6.45) is 9.30. The Morgan fingerprint density at radius 2 is 2.11 bits per heavy atom. The molecule has 104 valence electrons. The topological polar surface area (TPSA) is 80.0 Å². The van der Waals surface area contributed by atoms with Crippen LogP contribution in [0.15, 0.2) is 18.3 Å². The van der Waals surface area contributed by atoms with Crippen LogP contribution in [0.2, 0.25) is 0 Å². The lowest BCUT2D eigenvalue weighted by Gasteiger charge is -2.21. The van der Waals surface area contributed by atoms with Gasteiger partial charge in [-0.1, -0.05) is 32.1 Å². The first-order valence-corrected chi connectivity index (χ1v) is 7.00. The minimum atomic E-state index is -0.112. The van der Waals surface area contributed by atoms with Crippen molar-refractivity contribution in [3.63, 3.8) is 0 Å². The first-order chi connectivity index (χ1) is 9.29. The molecule has 1 aliphatic carbocycles. The summed E-state index contributed by atoms with van der Waals surface area (Å²) in [5.74, 6) is 5.92. The van der Waals surface area contributed by atoms with E-state index in [4.69, 9.17) is 5.84 Å². The van der Waals surface area contributed by atoms with Crippen molar-refractivity contribution < 1.29 is 4.79 Å². The van der Waals surface area contributed by atoms with Crippen molar-refractivity contribution in [2.75, 3.05) is 12.0 Å². The van der Waals surface area contributed by atoms with Gasteiger partial charge in [0.05, 0.1) is 11.9 Å². The monoisotopic (exact) mass is 262 g/mol. The number of anilines is 1. The quantitative estimate of drug-likeness (QED) is 0.560. The first kappa shape index (κ1) is 13.8. The first-order valence-electron chi connectivity index (χ1n) is 7.00. The van der Waals surface area contributed by atoms with Crippen LogP contribution in [0, 0.1) is 5.92 Å². The number of nitrogen functional groups attached to an aromatic ring is 1. The van der Waals surface area contributed by atoms with Crippen LogP contribution in [0.5, 0.6) is 0 Å². The molecule has 2 rings (SSSR count). The summed E-state index contributed by atoms with van der Waals surface area (Å²) in [7, 11) is 0. The summed E-state index contributed by atoms with van der Waals surface area (Å²) >= 11 is 0. The average Bonchev–Trinajstić information content (AvgIpc) is 2.48. The molecule has 19 heavy (non-hydrogen) atoms. The molecule has 1 heterocycles. The molecule has 0 bridgehead atoms. The Morgan fingerprint density at radius 3 is 2.74 bits per heavy atom. The third-order valence-corrected chi connectivity index (χ3v) is 3.73. The third-order valence-electron chi connectivity index (χ3n) is 3.73. The van der Waals surface area contributed by atoms with Crippen molar-refractivity contribution in [2.24, 2.45) is 11.8 Å². The second-order valence-electron chi connectivity index (χ2n) is 5.13. The molecule has 1 aliphatic rings. The fourth-order valence-electron chi connectivity index (χ4n) is 2.57. The van der Waals surface area contributed by atoms with Gasteiger partial charge in [0.2, 0.25) is 0 Å². The van der Waals surface area contributed by atoms with Gasteiger partial charge in [0.25, 0.3) is 5.91 Å². The smallest absolute Gasteiger partial charge is 0.269 e. The number of nitrogens with two attached hydrogens (primary N) is 1. The van der Waals surface area contributed by atoms with E-state index in [-0.39, 0.29) is 5.91 Å². The molecule has 1 amide bonds. The number of aromatic nitrogens is 1. The van der Waals surface area contributed by atoms with E-state index in [2.05, 4.69) is 15.7 Å². The molecule has 1 fully saturated rings. The fraction of sp³-hybridized carbons (Fsp3) is 0.571. The maximum absolute atomic E-state index is 11.9. The molecule has 0 unspecified atom stereocenters. The number of carbonyl (C=O) groups excluding carboxylic acids is 1. The zero-order valence-corrected chi connectivity index (χ0v) is 11.2. The van der Waals surface area contributed by atoms with Gasteiger partial charge in [-0.2, -0.15) is 0 Å². The van der Waals surface area contributed by atoms with Crippen LogP contribution in [0.25, 0.3) is 0 Å². The normalized spacial score (nSPS) is 16.1. The maximum Gasteiger partial charge on any atom is 0.269 e. The number of hydrogen-bond acceptors (Lipinski definition) is 4. The molecule has 0 aromatic carbocycles. The number of nitrogens with one attached hydrogen (secondary N) is 2. The number of rotatable bonds is 5. The Labute approximate surface area is 114 Å². The molecule has 5 nitrogen and oxygen atoms in total. The van der Waals surface area contributed by atoms with Crippen LogP contribution in [-0.4, -0.2) is 17.4 Å². The van der Waals surface area contributed by atoms with Crippen LogP contribution in [0.4, 0.5) is 5.69 Å². The van der Waals surface area contributed by atoms with Crippen LogP contribution < -0.4 is 16.6 Å². The van der Waals surface area contributed by atoms with Crippen molar-refractivity contribution in [3.8, 4) is 0 Å². The summed E-state index contributed by atoms with van der Waals surface area (Å²) in [6.45, 7) is 0.738. The lowest BCUT2D eigenvalue weighted by atomic mass is 9.87. The Bertz CT molecular complexity index is 398. The highest BCUT2D eigenvalue weighted by molar-refractivity contribution is 5.92. The Hall–Kier alpha value is -1.62. The lowest BCUT2D eigenvalue weighted by Crippen LogP contribution is -2.27. The van der Waals surface area contributed by atoms with Gasteiger partial charge in [-0.25, -0.2) is 4.98 Å². The number of hydrogen-bond donors (Lipinski definition) is 3. The molecule has 1 aromatic heterocycles. The Kier molecular flexibility index (Phi) is 5.15. The van der Waals surface area contributed by atoms with Gasteiger partial charge in [-0.05, 0) is 24.5 Å². The van der Waals surface area contributed by atoms with Gasteiger partial charge >= 0.3 is 0 Å². The lowest BCUT2D eigenvalue weighted by molar-refractivity contribution is 0.0945. The molecular weight excluding hydrogens is 240 g/mol. The van der Waals surface area contributed by atoms with E-state index in [0.717, 1.165) is 18.9 Å². The van der Waals surface area contributed by atoms with Gasteiger partial charge in [0, 0.05) is 6.54 Å². The van der Waals surface area contributed by atoms with Crippen LogP contribution in [0.3, 0.4) is 0 Å². The highest BCUT2D eigenvalue weighted by atomic mass is 16.1. The van der Waals surface area contributed by atoms with Crippen LogP contribution in [-0.2, 0) is 0 Å². The van der Waals surface area contributed by atoms with E-state index in [1.165, 1.54) is 32.1 Å².